The molecule has 0 spiro atoms. The van der Waals surface area contributed by atoms with Crippen molar-refractivity contribution in [1.82, 2.24) is 0 Å². The van der Waals surface area contributed by atoms with E-state index >= 15 is 0 Å². The van der Waals surface area contributed by atoms with E-state index in [1.54, 1.807) is 0 Å². The largest absolute Gasteiger partial charge is 0.376 e. The topological polar surface area (TPSA) is 9.23 Å². The minimum Gasteiger partial charge on any atom is -0.376 e. The Balaban J connectivity index is 1.81. The summed E-state index contributed by atoms with van der Waals surface area (Å²) < 4.78 is 6.90. The van der Waals surface area contributed by atoms with Crippen LogP contribution in [0.25, 0.3) is 0 Å². The van der Waals surface area contributed by atoms with Gasteiger partial charge in [-0.3, -0.25) is 0 Å². The minimum atomic E-state index is 0.685. The SMILES string of the molecule is Cc1cccc(CCOCc2ccccc2)c1Br. The van der Waals surface area contributed by atoms with Crippen molar-refractivity contribution >= 4 is 15.9 Å². The first-order valence-electron chi connectivity index (χ1n) is 6.13. The van der Waals surface area contributed by atoms with Gasteiger partial charge in [-0.05, 0) is 30.0 Å². The zero-order valence-corrected chi connectivity index (χ0v) is 12.1. The van der Waals surface area contributed by atoms with Crippen LogP contribution in [0.5, 0.6) is 0 Å². The van der Waals surface area contributed by atoms with Gasteiger partial charge in [0.1, 0.15) is 0 Å². The lowest BCUT2D eigenvalue weighted by molar-refractivity contribution is 0.124. The first-order valence-corrected chi connectivity index (χ1v) is 6.92. The van der Waals surface area contributed by atoms with Gasteiger partial charge in [0.2, 0.25) is 0 Å². The summed E-state index contributed by atoms with van der Waals surface area (Å²) in [7, 11) is 0. The molecule has 94 valence electrons. The van der Waals surface area contributed by atoms with Crippen LogP contribution in [0.1, 0.15) is 16.7 Å². The maximum atomic E-state index is 5.70. The van der Waals surface area contributed by atoms with Gasteiger partial charge in [-0.1, -0.05) is 64.5 Å². The molecule has 0 N–H and O–H groups in total. The van der Waals surface area contributed by atoms with Crippen molar-refractivity contribution in [2.75, 3.05) is 6.61 Å². The Morgan fingerprint density at radius 3 is 2.56 bits per heavy atom. The zero-order valence-electron chi connectivity index (χ0n) is 10.5. The third-order valence-electron chi connectivity index (χ3n) is 2.90. The lowest BCUT2D eigenvalue weighted by Gasteiger charge is -2.08. The van der Waals surface area contributed by atoms with Gasteiger partial charge in [-0.2, -0.15) is 0 Å². The first kappa shape index (κ1) is 13.3. The Kier molecular flexibility index (Phi) is 4.97. The van der Waals surface area contributed by atoms with Crippen molar-refractivity contribution < 1.29 is 4.74 Å². The molecule has 0 amide bonds. The van der Waals surface area contributed by atoms with Crippen LogP contribution in [0.2, 0.25) is 0 Å². The Labute approximate surface area is 117 Å². The molecule has 1 nitrogen and oxygen atoms in total. The molecule has 18 heavy (non-hydrogen) atoms. The van der Waals surface area contributed by atoms with E-state index in [4.69, 9.17) is 4.74 Å². The quantitative estimate of drug-likeness (QED) is 0.738. The third kappa shape index (κ3) is 3.69. The van der Waals surface area contributed by atoms with Gasteiger partial charge < -0.3 is 4.74 Å². The summed E-state index contributed by atoms with van der Waals surface area (Å²) in [6, 6.07) is 16.6. The molecule has 0 radical (unpaired) electrons. The first-order chi connectivity index (χ1) is 8.77. The second-order valence-electron chi connectivity index (χ2n) is 4.34. The molecule has 0 saturated carbocycles. The Morgan fingerprint density at radius 1 is 1.00 bits per heavy atom. The van der Waals surface area contributed by atoms with Gasteiger partial charge in [0.15, 0.2) is 0 Å². The summed E-state index contributed by atoms with van der Waals surface area (Å²) in [5.74, 6) is 0. The highest BCUT2D eigenvalue weighted by atomic mass is 79.9. The van der Waals surface area contributed by atoms with Crippen LogP contribution in [0, 0.1) is 6.92 Å². The van der Waals surface area contributed by atoms with Crippen molar-refractivity contribution in [1.29, 1.82) is 0 Å². The van der Waals surface area contributed by atoms with E-state index in [9.17, 15) is 0 Å². The average molecular weight is 305 g/mol. The highest BCUT2D eigenvalue weighted by molar-refractivity contribution is 9.10. The van der Waals surface area contributed by atoms with Crippen LogP contribution in [0.3, 0.4) is 0 Å². The Bertz CT molecular complexity index is 494. The van der Waals surface area contributed by atoms with Gasteiger partial charge in [0, 0.05) is 4.47 Å². The van der Waals surface area contributed by atoms with Crippen LogP contribution in [-0.2, 0) is 17.8 Å². The van der Waals surface area contributed by atoms with Gasteiger partial charge in [-0.25, -0.2) is 0 Å². The normalized spacial score (nSPS) is 10.6. The molecule has 0 aliphatic heterocycles. The van der Waals surface area contributed by atoms with Crippen molar-refractivity contribution in [3.8, 4) is 0 Å². The van der Waals surface area contributed by atoms with Gasteiger partial charge in [-0.15, -0.1) is 0 Å². The number of ether oxygens (including phenoxy) is 1. The predicted octanol–water partition coefficient (Wildman–Crippen LogP) is 4.52. The summed E-state index contributed by atoms with van der Waals surface area (Å²) in [4.78, 5) is 0. The molecule has 0 aliphatic rings. The van der Waals surface area contributed by atoms with Crippen molar-refractivity contribution in [3.05, 3.63) is 69.7 Å². The number of halogens is 1. The molecule has 0 saturated heterocycles. The number of aryl methyl sites for hydroxylation is 1. The van der Waals surface area contributed by atoms with Gasteiger partial charge >= 0.3 is 0 Å². The van der Waals surface area contributed by atoms with Crippen molar-refractivity contribution in [3.63, 3.8) is 0 Å². The van der Waals surface area contributed by atoms with E-state index in [2.05, 4.69) is 53.2 Å². The van der Waals surface area contributed by atoms with Gasteiger partial charge in [0.05, 0.1) is 13.2 Å². The second kappa shape index (κ2) is 6.72. The Hall–Kier alpha value is -1.12. The van der Waals surface area contributed by atoms with Crippen LogP contribution in [0.4, 0.5) is 0 Å². The minimum absolute atomic E-state index is 0.685. The summed E-state index contributed by atoms with van der Waals surface area (Å²) in [6.07, 6.45) is 0.940. The van der Waals surface area contributed by atoms with E-state index in [0.717, 1.165) is 13.0 Å². The number of rotatable bonds is 5. The zero-order chi connectivity index (χ0) is 12.8. The summed E-state index contributed by atoms with van der Waals surface area (Å²) in [5, 5.41) is 0. The number of hydrogen-bond acceptors (Lipinski definition) is 1. The Morgan fingerprint density at radius 2 is 1.78 bits per heavy atom. The highest BCUT2D eigenvalue weighted by Gasteiger charge is 2.02. The molecule has 2 heteroatoms. The smallest absolute Gasteiger partial charge is 0.0717 e. The molecular weight excluding hydrogens is 288 g/mol. The van der Waals surface area contributed by atoms with Crippen LogP contribution < -0.4 is 0 Å². The van der Waals surface area contributed by atoms with E-state index < -0.39 is 0 Å². The predicted molar refractivity (Wildman–Crippen MR) is 78.7 cm³/mol. The molecule has 2 rings (SSSR count). The molecule has 0 fully saturated rings. The van der Waals surface area contributed by atoms with Gasteiger partial charge in [0.25, 0.3) is 0 Å². The van der Waals surface area contributed by atoms with E-state index in [-0.39, 0.29) is 0 Å². The fraction of sp³-hybridized carbons (Fsp3) is 0.250. The molecular formula is C16H17BrO. The highest BCUT2D eigenvalue weighted by Crippen LogP contribution is 2.21. The lowest BCUT2D eigenvalue weighted by Crippen LogP contribution is -2.00. The molecule has 0 unspecified atom stereocenters. The van der Waals surface area contributed by atoms with Crippen LogP contribution in [-0.4, -0.2) is 6.61 Å². The van der Waals surface area contributed by atoms with E-state index in [0.29, 0.717) is 6.61 Å². The monoisotopic (exact) mass is 304 g/mol. The average Bonchev–Trinajstić information content (AvgIpc) is 2.40. The fourth-order valence-corrected chi connectivity index (χ4v) is 2.31. The molecule has 0 aromatic heterocycles. The molecule has 0 aliphatic carbocycles. The van der Waals surface area contributed by atoms with E-state index in [1.165, 1.54) is 21.2 Å². The summed E-state index contributed by atoms with van der Waals surface area (Å²) >= 11 is 3.62. The second-order valence-corrected chi connectivity index (χ2v) is 5.13. The summed E-state index contributed by atoms with van der Waals surface area (Å²) in [5.41, 5.74) is 3.81. The lowest BCUT2D eigenvalue weighted by atomic mass is 10.1. The van der Waals surface area contributed by atoms with Crippen LogP contribution >= 0.6 is 15.9 Å². The van der Waals surface area contributed by atoms with E-state index in [1.807, 2.05) is 18.2 Å². The third-order valence-corrected chi connectivity index (χ3v) is 4.03. The number of benzene rings is 2. The maximum Gasteiger partial charge on any atom is 0.0717 e. The fourth-order valence-electron chi connectivity index (χ4n) is 1.85. The molecule has 0 heterocycles. The molecule has 2 aromatic carbocycles. The molecule has 0 atom stereocenters. The standard InChI is InChI=1S/C16H17BrO/c1-13-6-5-9-15(16(13)17)10-11-18-12-14-7-3-2-4-8-14/h2-9H,10-12H2,1H3. The van der Waals surface area contributed by atoms with Crippen molar-refractivity contribution in [2.24, 2.45) is 0 Å². The van der Waals surface area contributed by atoms with Crippen molar-refractivity contribution in [2.45, 2.75) is 20.0 Å². The maximum absolute atomic E-state index is 5.70. The summed E-state index contributed by atoms with van der Waals surface area (Å²) in [6.45, 7) is 3.54. The van der Waals surface area contributed by atoms with Crippen LogP contribution in [0.15, 0.2) is 53.0 Å². The number of hydrogen-bond donors (Lipinski definition) is 0. The molecule has 0 bridgehead atoms. The molecule has 2 aromatic rings.